The fraction of sp³-hybridized carbons (Fsp3) is 0.500. The lowest BCUT2D eigenvalue weighted by Gasteiger charge is -2.23. The van der Waals surface area contributed by atoms with Crippen molar-refractivity contribution < 1.29 is 14.1 Å². The molecule has 1 saturated heterocycles. The molecule has 28 heavy (non-hydrogen) atoms. The van der Waals surface area contributed by atoms with Crippen LogP contribution in [0, 0.1) is 0 Å². The maximum atomic E-state index is 12.3. The van der Waals surface area contributed by atoms with E-state index < -0.39 is 0 Å². The number of nitrogens with zero attached hydrogens (tertiary/aromatic N) is 3. The third-order valence-electron chi connectivity index (χ3n) is 4.61. The number of nitrogens with one attached hydrogen (secondary N) is 2. The van der Waals surface area contributed by atoms with E-state index in [1.54, 1.807) is 4.90 Å². The van der Waals surface area contributed by atoms with Crippen LogP contribution in [0.4, 0.5) is 4.79 Å². The number of carbonyl (C=O) groups is 2. The smallest absolute Gasteiger partial charge is 0.318 e. The van der Waals surface area contributed by atoms with Crippen molar-refractivity contribution in [2.24, 2.45) is 0 Å². The zero-order valence-electron chi connectivity index (χ0n) is 16.4. The third kappa shape index (κ3) is 5.31. The standard InChI is InChI=1S/C20H27N5O3/c1-14(2)22-20(27)25-12-6-9-16(25)19-23-18(28-24-19)11-10-17(26)21-13-15-7-4-3-5-8-15/h3-5,7-8,14,16H,6,9-13H2,1-2H3,(H,21,26)(H,22,27). The minimum absolute atomic E-state index is 0.0672. The second-order valence-corrected chi connectivity index (χ2v) is 7.26. The number of hydrogen-bond acceptors (Lipinski definition) is 5. The number of benzene rings is 1. The van der Waals surface area contributed by atoms with Gasteiger partial charge in [0.05, 0.1) is 6.04 Å². The Morgan fingerprint density at radius 2 is 2.07 bits per heavy atom. The quantitative estimate of drug-likeness (QED) is 0.763. The first-order valence-corrected chi connectivity index (χ1v) is 9.73. The van der Waals surface area contributed by atoms with Crippen LogP contribution < -0.4 is 10.6 Å². The second-order valence-electron chi connectivity index (χ2n) is 7.26. The zero-order chi connectivity index (χ0) is 19.9. The van der Waals surface area contributed by atoms with Gasteiger partial charge in [-0.15, -0.1) is 0 Å². The van der Waals surface area contributed by atoms with Gasteiger partial charge in [-0.25, -0.2) is 4.79 Å². The van der Waals surface area contributed by atoms with Crippen molar-refractivity contribution in [3.05, 3.63) is 47.6 Å². The molecule has 2 heterocycles. The molecule has 0 spiro atoms. The van der Waals surface area contributed by atoms with E-state index >= 15 is 0 Å². The fourth-order valence-corrected chi connectivity index (χ4v) is 3.22. The number of carbonyl (C=O) groups excluding carboxylic acids is 2. The van der Waals surface area contributed by atoms with E-state index in [0.29, 0.717) is 31.2 Å². The summed E-state index contributed by atoms with van der Waals surface area (Å²) in [5, 5.41) is 9.83. The first kappa shape index (κ1) is 19.9. The lowest BCUT2D eigenvalue weighted by atomic mass is 10.2. The Hall–Kier alpha value is -2.90. The first-order valence-electron chi connectivity index (χ1n) is 9.73. The lowest BCUT2D eigenvalue weighted by Crippen LogP contribution is -2.42. The van der Waals surface area contributed by atoms with E-state index in [9.17, 15) is 9.59 Å². The molecule has 1 atom stereocenters. The Balaban J connectivity index is 1.49. The molecule has 3 rings (SSSR count). The van der Waals surface area contributed by atoms with Gasteiger partial charge in [-0.2, -0.15) is 4.98 Å². The van der Waals surface area contributed by atoms with Crippen molar-refractivity contribution in [2.75, 3.05) is 6.54 Å². The maximum Gasteiger partial charge on any atom is 0.318 e. The second kappa shape index (κ2) is 9.34. The summed E-state index contributed by atoms with van der Waals surface area (Å²) in [5.41, 5.74) is 1.05. The predicted molar refractivity (Wildman–Crippen MR) is 103 cm³/mol. The van der Waals surface area contributed by atoms with Crippen molar-refractivity contribution in [1.82, 2.24) is 25.7 Å². The van der Waals surface area contributed by atoms with Crippen LogP contribution in [0.5, 0.6) is 0 Å². The van der Waals surface area contributed by atoms with Gasteiger partial charge in [0.25, 0.3) is 0 Å². The van der Waals surface area contributed by atoms with Crippen LogP contribution >= 0.6 is 0 Å². The number of hydrogen-bond donors (Lipinski definition) is 2. The van der Waals surface area contributed by atoms with Gasteiger partial charge >= 0.3 is 6.03 Å². The molecule has 0 aliphatic carbocycles. The molecule has 150 valence electrons. The topological polar surface area (TPSA) is 100 Å². The summed E-state index contributed by atoms with van der Waals surface area (Å²) in [6.45, 7) is 5.03. The summed E-state index contributed by atoms with van der Waals surface area (Å²) in [7, 11) is 0. The maximum absolute atomic E-state index is 12.3. The molecule has 3 amide bonds. The average Bonchev–Trinajstić information content (AvgIpc) is 3.34. The van der Waals surface area contributed by atoms with E-state index in [4.69, 9.17) is 4.52 Å². The number of rotatable bonds is 7. The molecule has 1 aliphatic heterocycles. The molecule has 1 unspecified atom stereocenters. The van der Waals surface area contributed by atoms with Gasteiger partial charge in [-0.3, -0.25) is 4.79 Å². The van der Waals surface area contributed by atoms with Crippen molar-refractivity contribution >= 4 is 11.9 Å². The van der Waals surface area contributed by atoms with Gasteiger partial charge in [-0.05, 0) is 32.3 Å². The van der Waals surface area contributed by atoms with Crippen molar-refractivity contribution in [3.63, 3.8) is 0 Å². The zero-order valence-corrected chi connectivity index (χ0v) is 16.4. The summed E-state index contributed by atoms with van der Waals surface area (Å²) < 4.78 is 5.30. The molecule has 8 heteroatoms. The van der Waals surface area contributed by atoms with Crippen molar-refractivity contribution in [3.8, 4) is 0 Å². The Labute approximate surface area is 164 Å². The molecule has 0 bridgehead atoms. The molecular weight excluding hydrogens is 358 g/mol. The van der Waals surface area contributed by atoms with Crippen LogP contribution in [0.1, 0.15) is 56.4 Å². The fourth-order valence-electron chi connectivity index (χ4n) is 3.22. The molecule has 1 aliphatic rings. The Bertz CT molecular complexity index is 790. The highest BCUT2D eigenvalue weighted by atomic mass is 16.5. The summed E-state index contributed by atoms with van der Waals surface area (Å²) in [6, 6.07) is 9.54. The number of amides is 3. The largest absolute Gasteiger partial charge is 0.352 e. The Kier molecular flexibility index (Phi) is 6.62. The number of likely N-dealkylation sites (tertiary alicyclic amines) is 1. The SMILES string of the molecule is CC(C)NC(=O)N1CCCC1c1noc(CCC(=O)NCc2ccccc2)n1. The number of aromatic nitrogens is 2. The summed E-state index contributed by atoms with van der Waals surface area (Å²) in [4.78, 5) is 30.5. The van der Waals surface area contributed by atoms with E-state index in [2.05, 4.69) is 20.8 Å². The Morgan fingerprint density at radius 1 is 1.29 bits per heavy atom. The molecular formula is C20H27N5O3. The van der Waals surface area contributed by atoms with Crippen molar-refractivity contribution in [2.45, 2.75) is 58.2 Å². The van der Waals surface area contributed by atoms with Crippen molar-refractivity contribution in [1.29, 1.82) is 0 Å². The molecule has 2 aromatic rings. The van der Waals surface area contributed by atoms with Crippen LogP contribution in [0.25, 0.3) is 0 Å². The van der Waals surface area contributed by atoms with Gasteiger partial charge in [0.15, 0.2) is 5.82 Å². The molecule has 8 nitrogen and oxygen atoms in total. The lowest BCUT2D eigenvalue weighted by molar-refractivity contribution is -0.121. The first-order chi connectivity index (χ1) is 13.5. The predicted octanol–water partition coefficient (Wildman–Crippen LogP) is 2.57. The molecule has 0 saturated carbocycles. The number of aryl methyl sites for hydroxylation is 1. The van der Waals surface area contributed by atoms with Crippen LogP contribution in [0.2, 0.25) is 0 Å². The van der Waals surface area contributed by atoms with Gasteiger partial charge in [0.2, 0.25) is 11.8 Å². The van der Waals surface area contributed by atoms with E-state index in [0.717, 1.165) is 18.4 Å². The van der Waals surface area contributed by atoms with Gasteiger partial charge < -0.3 is 20.1 Å². The average molecular weight is 385 g/mol. The van der Waals surface area contributed by atoms with Crippen LogP contribution in [-0.2, 0) is 17.8 Å². The van der Waals surface area contributed by atoms with Gasteiger partial charge in [0, 0.05) is 32.0 Å². The highest BCUT2D eigenvalue weighted by molar-refractivity contribution is 5.76. The van der Waals surface area contributed by atoms with Crippen LogP contribution in [-0.4, -0.2) is 39.6 Å². The number of urea groups is 1. The molecule has 2 N–H and O–H groups in total. The summed E-state index contributed by atoms with van der Waals surface area (Å²) in [5.74, 6) is 0.861. The van der Waals surface area contributed by atoms with E-state index in [1.165, 1.54) is 0 Å². The monoisotopic (exact) mass is 385 g/mol. The van der Waals surface area contributed by atoms with Gasteiger partial charge in [0.1, 0.15) is 0 Å². The van der Waals surface area contributed by atoms with Gasteiger partial charge in [-0.1, -0.05) is 35.5 Å². The molecule has 1 aromatic heterocycles. The highest BCUT2D eigenvalue weighted by Crippen LogP contribution is 2.30. The van der Waals surface area contributed by atoms with Crippen LogP contribution in [0.3, 0.4) is 0 Å². The summed E-state index contributed by atoms with van der Waals surface area (Å²) in [6.07, 6.45) is 2.36. The van der Waals surface area contributed by atoms with Crippen LogP contribution in [0.15, 0.2) is 34.9 Å². The van der Waals surface area contributed by atoms with E-state index in [1.807, 2.05) is 44.2 Å². The summed E-state index contributed by atoms with van der Waals surface area (Å²) >= 11 is 0. The molecule has 1 fully saturated rings. The highest BCUT2D eigenvalue weighted by Gasteiger charge is 2.33. The normalized spacial score (nSPS) is 16.4. The Morgan fingerprint density at radius 3 is 2.82 bits per heavy atom. The minimum Gasteiger partial charge on any atom is -0.352 e. The molecule has 0 radical (unpaired) electrons. The molecule has 1 aromatic carbocycles. The third-order valence-corrected chi connectivity index (χ3v) is 4.61. The minimum atomic E-state index is -0.178. The van der Waals surface area contributed by atoms with E-state index in [-0.39, 0.29) is 30.4 Å².